The predicted molar refractivity (Wildman–Crippen MR) is 110 cm³/mol. The molecule has 0 saturated carbocycles. The van der Waals surface area contributed by atoms with Gasteiger partial charge in [0.1, 0.15) is 0 Å². The van der Waals surface area contributed by atoms with E-state index < -0.39 is 11.0 Å². The Balaban J connectivity index is 2.07. The second-order valence-corrected chi connectivity index (χ2v) is 10.7. The van der Waals surface area contributed by atoms with Gasteiger partial charge >= 0.3 is 0 Å². The number of rotatable bonds is 4. The van der Waals surface area contributed by atoms with Gasteiger partial charge in [-0.2, -0.15) is 0 Å². The van der Waals surface area contributed by atoms with E-state index in [1.807, 2.05) is 26.8 Å². The number of halogens is 1. The molecule has 2 aromatic carbocycles. The molecule has 1 N–H and O–H groups in total. The van der Waals surface area contributed by atoms with Crippen LogP contribution in [0, 0.1) is 0 Å². The van der Waals surface area contributed by atoms with Crippen LogP contribution in [0.3, 0.4) is 0 Å². The van der Waals surface area contributed by atoms with E-state index in [2.05, 4.69) is 63.1 Å². The van der Waals surface area contributed by atoms with Crippen LogP contribution in [0.5, 0.6) is 0 Å². The summed E-state index contributed by atoms with van der Waals surface area (Å²) in [5.74, 6) is 0. The zero-order chi connectivity index (χ0) is 18.1. The number of nitrogens with one attached hydrogen (secondary N) is 1. The summed E-state index contributed by atoms with van der Waals surface area (Å²) in [6, 6.07) is 17.0. The Hall–Kier alpha value is -0.970. The molecule has 2 nitrogen and oxygen atoms in total. The van der Waals surface area contributed by atoms with Crippen LogP contribution in [0.15, 0.2) is 53.0 Å². The van der Waals surface area contributed by atoms with Gasteiger partial charge in [-0.05, 0) is 69.2 Å². The Kier molecular flexibility index (Phi) is 5.52. The van der Waals surface area contributed by atoms with Crippen LogP contribution in [0.4, 0.5) is 0 Å². The first-order chi connectivity index (χ1) is 11.8. The third-order valence-corrected chi connectivity index (χ3v) is 7.34. The Morgan fingerprint density at radius 3 is 2.52 bits per heavy atom. The van der Waals surface area contributed by atoms with Crippen molar-refractivity contribution in [1.82, 2.24) is 4.72 Å². The zero-order valence-electron chi connectivity index (χ0n) is 15.1. The van der Waals surface area contributed by atoms with Gasteiger partial charge in [0.15, 0.2) is 0 Å². The largest absolute Gasteiger partial charge is 0.242 e. The van der Waals surface area contributed by atoms with Crippen LogP contribution in [-0.4, -0.2) is 8.96 Å². The average Bonchev–Trinajstić information content (AvgIpc) is 2.57. The number of fused-ring (bicyclic) bond motifs is 1. The van der Waals surface area contributed by atoms with Crippen molar-refractivity contribution < 1.29 is 4.21 Å². The van der Waals surface area contributed by atoms with Crippen LogP contribution < -0.4 is 4.72 Å². The molecule has 134 valence electrons. The molecule has 0 unspecified atom stereocenters. The summed E-state index contributed by atoms with van der Waals surface area (Å²) in [6.45, 7) is 6.07. The fourth-order valence-electron chi connectivity index (χ4n) is 3.54. The molecule has 4 heteroatoms. The van der Waals surface area contributed by atoms with Crippen LogP contribution in [0.1, 0.15) is 50.3 Å². The summed E-state index contributed by atoms with van der Waals surface area (Å²) in [6.07, 6.45) is 4.02. The van der Waals surface area contributed by atoms with Gasteiger partial charge < -0.3 is 0 Å². The minimum absolute atomic E-state index is 0.295. The van der Waals surface area contributed by atoms with Gasteiger partial charge in [0.25, 0.3) is 0 Å². The van der Waals surface area contributed by atoms with Crippen molar-refractivity contribution in [2.75, 3.05) is 0 Å². The van der Waals surface area contributed by atoms with Crippen LogP contribution in [0.25, 0.3) is 0 Å². The molecule has 2 atom stereocenters. The molecular formula is C21H26BrNOS. The Labute approximate surface area is 162 Å². The lowest BCUT2D eigenvalue weighted by Gasteiger charge is -2.41. The van der Waals surface area contributed by atoms with E-state index in [0.717, 1.165) is 30.2 Å². The summed E-state index contributed by atoms with van der Waals surface area (Å²) in [5.41, 5.74) is 3.63. The smallest absolute Gasteiger partial charge is 0.0978 e. The van der Waals surface area contributed by atoms with Gasteiger partial charge in [0, 0.05) is 4.47 Å². The van der Waals surface area contributed by atoms with E-state index in [0.29, 0.717) is 0 Å². The average molecular weight is 420 g/mol. The number of hydrogen-bond donors (Lipinski definition) is 1. The van der Waals surface area contributed by atoms with Gasteiger partial charge in [-0.3, -0.25) is 0 Å². The van der Waals surface area contributed by atoms with Crippen molar-refractivity contribution in [3.63, 3.8) is 0 Å². The molecule has 3 rings (SSSR count). The van der Waals surface area contributed by atoms with E-state index in [-0.39, 0.29) is 10.3 Å². The standard InChI is InChI=1S/C21H26BrNOS/c1-20(2,3)25(24)23-21(15-17-10-5-7-13-19(17)22)14-8-11-16-9-4-6-12-18(16)21/h4-7,9-10,12-13,23H,8,11,14-15H2,1-3H3/t21-,25+/m0/s1. The highest BCUT2D eigenvalue weighted by molar-refractivity contribution is 9.10. The summed E-state index contributed by atoms with van der Waals surface area (Å²) in [4.78, 5) is 0. The molecule has 25 heavy (non-hydrogen) atoms. The first-order valence-corrected chi connectivity index (χ1v) is 10.8. The van der Waals surface area contributed by atoms with E-state index in [4.69, 9.17) is 0 Å². The normalized spacial score (nSPS) is 21.6. The molecular weight excluding hydrogens is 394 g/mol. The van der Waals surface area contributed by atoms with Crippen LogP contribution in [-0.2, 0) is 29.4 Å². The highest BCUT2D eigenvalue weighted by atomic mass is 79.9. The summed E-state index contributed by atoms with van der Waals surface area (Å²) >= 11 is 3.69. The second kappa shape index (κ2) is 7.34. The number of benzene rings is 2. The van der Waals surface area contributed by atoms with Gasteiger partial charge in [0.05, 0.1) is 21.3 Å². The zero-order valence-corrected chi connectivity index (χ0v) is 17.5. The highest BCUT2D eigenvalue weighted by Gasteiger charge is 2.40. The molecule has 0 aromatic heterocycles. The molecule has 1 aliphatic carbocycles. The molecule has 0 fully saturated rings. The maximum absolute atomic E-state index is 13.0. The lowest BCUT2D eigenvalue weighted by Crippen LogP contribution is -2.51. The van der Waals surface area contributed by atoms with Crippen molar-refractivity contribution in [3.8, 4) is 0 Å². The molecule has 0 aliphatic heterocycles. The predicted octanol–water partition coefficient (Wildman–Crippen LogP) is 5.28. The number of hydrogen-bond acceptors (Lipinski definition) is 1. The minimum Gasteiger partial charge on any atom is -0.242 e. The molecule has 0 saturated heterocycles. The van der Waals surface area contributed by atoms with Crippen molar-refractivity contribution in [3.05, 3.63) is 69.7 Å². The molecule has 0 amide bonds. The number of aryl methyl sites for hydroxylation is 1. The topological polar surface area (TPSA) is 29.1 Å². The second-order valence-electron chi connectivity index (χ2n) is 7.84. The maximum atomic E-state index is 13.0. The molecule has 0 bridgehead atoms. The van der Waals surface area contributed by atoms with Crippen molar-refractivity contribution in [2.24, 2.45) is 0 Å². The quantitative estimate of drug-likeness (QED) is 0.717. The molecule has 1 aliphatic rings. The van der Waals surface area contributed by atoms with E-state index in [1.54, 1.807) is 0 Å². The monoisotopic (exact) mass is 419 g/mol. The first kappa shape index (κ1) is 18.8. The fraction of sp³-hybridized carbons (Fsp3) is 0.429. The highest BCUT2D eigenvalue weighted by Crippen LogP contribution is 2.40. The van der Waals surface area contributed by atoms with Crippen molar-refractivity contribution in [1.29, 1.82) is 0 Å². The Bertz CT molecular complexity index is 783. The fourth-order valence-corrected chi connectivity index (χ4v) is 4.91. The lowest BCUT2D eigenvalue weighted by atomic mass is 9.74. The molecule has 0 spiro atoms. The van der Waals surface area contributed by atoms with Gasteiger partial charge in [-0.15, -0.1) is 0 Å². The molecule has 0 radical (unpaired) electrons. The van der Waals surface area contributed by atoms with Crippen LogP contribution in [0.2, 0.25) is 0 Å². The summed E-state index contributed by atoms with van der Waals surface area (Å²) < 4.78 is 17.4. The van der Waals surface area contributed by atoms with Gasteiger partial charge in [-0.25, -0.2) is 8.93 Å². The molecule has 0 heterocycles. The SMILES string of the molecule is CC(C)(C)[S@@](=O)N[C@]1(Cc2ccccc2Br)CCCc2ccccc21. The minimum atomic E-state index is -1.13. The Morgan fingerprint density at radius 2 is 1.80 bits per heavy atom. The van der Waals surface area contributed by atoms with E-state index in [9.17, 15) is 4.21 Å². The van der Waals surface area contributed by atoms with Gasteiger partial charge in [-0.1, -0.05) is 58.4 Å². The summed E-state index contributed by atoms with van der Waals surface area (Å²) in [7, 11) is -1.13. The van der Waals surface area contributed by atoms with E-state index >= 15 is 0 Å². The maximum Gasteiger partial charge on any atom is 0.0978 e. The first-order valence-electron chi connectivity index (χ1n) is 8.83. The third-order valence-electron chi connectivity index (χ3n) is 4.88. The third kappa shape index (κ3) is 4.07. The molecule has 2 aromatic rings. The van der Waals surface area contributed by atoms with E-state index in [1.165, 1.54) is 16.7 Å². The van der Waals surface area contributed by atoms with Crippen molar-refractivity contribution in [2.45, 2.75) is 56.7 Å². The lowest BCUT2D eigenvalue weighted by molar-refractivity contribution is 0.334. The van der Waals surface area contributed by atoms with Crippen molar-refractivity contribution >= 4 is 26.9 Å². The Morgan fingerprint density at radius 1 is 1.12 bits per heavy atom. The van der Waals surface area contributed by atoms with Gasteiger partial charge in [0.2, 0.25) is 0 Å². The summed E-state index contributed by atoms with van der Waals surface area (Å²) in [5, 5.41) is 0. The van der Waals surface area contributed by atoms with Crippen LogP contribution >= 0.6 is 15.9 Å².